The Morgan fingerprint density at radius 3 is 2.36 bits per heavy atom. The summed E-state index contributed by atoms with van der Waals surface area (Å²) in [7, 11) is 3.75. The number of fused-ring (bicyclic) bond motifs is 1. The molecule has 0 atom stereocenters. The quantitative estimate of drug-likeness (QED) is 0.588. The molecule has 150 valence electrons. The zero-order valence-corrected chi connectivity index (χ0v) is 17.8. The third-order valence-corrected chi connectivity index (χ3v) is 5.46. The number of carbonyl (C=O) groups is 1. The summed E-state index contributed by atoms with van der Waals surface area (Å²) in [6.45, 7) is 4.78. The number of aryl methyl sites for hydroxylation is 2. The van der Waals surface area contributed by atoms with Gasteiger partial charge < -0.3 is 4.90 Å². The van der Waals surface area contributed by atoms with Gasteiger partial charge in [-0.25, -0.2) is 13.8 Å². The van der Waals surface area contributed by atoms with E-state index in [-0.39, 0.29) is 19.0 Å². The Kier molecular flexibility index (Phi) is 7.09. The molecular weight excluding hydrogens is 404 g/mol. The molecule has 8 heteroatoms. The van der Waals surface area contributed by atoms with Crippen LogP contribution >= 0.6 is 23.7 Å². The number of anilines is 1. The predicted octanol–water partition coefficient (Wildman–Crippen LogP) is 4.82. The smallest absolute Gasteiger partial charge is 0.266 e. The lowest BCUT2D eigenvalue weighted by Gasteiger charge is -2.22. The number of rotatable bonds is 5. The molecule has 0 unspecified atom stereocenters. The number of likely N-dealkylation sites (N-methyl/N-ethyl adjacent to an activating group) is 1. The van der Waals surface area contributed by atoms with Gasteiger partial charge in [-0.05, 0) is 57.3 Å². The standard InChI is InChI=1S/C20H21F2N3OS.ClH/c1-12-10-13(2)18-16(11-12)23-20(27-18)25(9-8-24(3)4)19(26)17-14(21)6-5-7-15(17)22;/h5-7,10-11H,8-9H2,1-4H3;1H. The van der Waals surface area contributed by atoms with Crippen molar-refractivity contribution in [3.8, 4) is 0 Å². The molecule has 0 spiro atoms. The van der Waals surface area contributed by atoms with Crippen molar-refractivity contribution in [1.82, 2.24) is 9.88 Å². The van der Waals surface area contributed by atoms with E-state index in [2.05, 4.69) is 4.98 Å². The molecule has 0 bridgehead atoms. The van der Waals surface area contributed by atoms with Gasteiger partial charge in [-0.3, -0.25) is 9.69 Å². The number of carbonyl (C=O) groups excluding carboxylic acids is 1. The van der Waals surface area contributed by atoms with Crippen molar-refractivity contribution in [1.29, 1.82) is 0 Å². The van der Waals surface area contributed by atoms with Gasteiger partial charge in [-0.15, -0.1) is 12.4 Å². The number of halogens is 3. The zero-order valence-electron chi connectivity index (χ0n) is 16.1. The van der Waals surface area contributed by atoms with E-state index in [0.29, 0.717) is 11.7 Å². The number of hydrogen-bond acceptors (Lipinski definition) is 4. The summed E-state index contributed by atoms with van der Waals surface area (Å²) in [5, 5.41) is 0.438. The van der Waals surface area contributed by atoms with E-state index in [0.717, 1.165) is 33.5 Å². The minimum absolute atomic E-state index is 0. The van der Waals surface area contributed by atoms with Gasteiger partial charge in [0.05, 0.1) is 10.2 Å². The predicted molar refractivity (Wildman–Crippen MR) is 113 cm³/mol. The summed E-state index contributed by atoms with van der Waals surface area (Å²) in [5.41, 5.74) is 2.36. The molecule has 28 heavy (non-hydrogen) atoms. The van der Waals surface area contributed by atoms with E-state index in [4.69, 9.17) is 0 Å². The van der Waals surface area contributed by atoms with Crippen LogP contribution in [0.25, 0.3) is 10.2 Å². The number of amides is 1. The fourth-order valence-electron chi connectivity index (χ4n) is 2.90. The van der Waals surface area contributed by atoms with Crippen LogP contribution < -0.4 is 4.90 Å². The van der Waals surface area contributed by atoms with Crippen LogP contribution in [-0.2, 0) is 0 Å². The van der Waals surface area contributed by atoms with Crippen LogP contribution in [0.2, 0.25) is 0 Å². The number of nitrogens with zero attached hydrogens (tertiary/aromatic N) is 3. The number of hydrogen-bond donors (Lipinski definition) is 0. The minimum Gasteiger partial charge on any atom is -0.308 e. The van der Waals surface area contributed by atoms with Crippen molar-refractivity contribution < 1.29 is 13.6 Å². The van der Waals surface area contributed by atoms with Crippen molar-refractivity contribution >= 4 is 45.0 Å². The second-order valence-electron chi connectivity index (χ2n) is 6.78. The third-order valence-electron chi connectivity index (χ3n) is 4.23. The Balaban J connectivity index is 0.00000280. The summed E-state index contributed by atoms with van der Waals surface area (Å²) in [4.78, 5) is 20.9. The van der Waals surface area contributed by atoms with Crippen LogP contribution in [0.5, 0.6) is 0 Å². The first-order chi connectivity index (χ1) is 12.8. The maximum absolute atomic E-state index is 14.2. The van der Waals surface area contributed by atoms with E-state index in [1.54, 1.807) is 0 Å². The Morgan fingerprint density at radius 2 is 1.75 bits per heavy atom. The van der Waals surface area contributed by atoms with Crippen molar-refractivity contribution in [2.24, 2.45) is 0 Å². The molecule has 1 aromatic heterocycles. The fourth-order valence-corrected chi connectivity index (χ4v) is 3.94. The van der Waals surface area contributed by atoms with Gasteiger partial charge in [-0.2, -0.15) is 0 Å². The monoisotopic (exact) mass is 425 g/mol. The first-order valence-corrected chi connectivity index (χ1v) is 9.38. The molecule has 0 fully saturated rings. The fraction of sp³-hybridized carbons (Fsp3) is 0.300. The summed E-state index contributed by atoms with van der Waals surface area (Å²) < 4.78 is 29.3. The number of thiazole rings is 1. The number of aromatic nitrogens is 1. The lowest BCUT2D eigenvalue weighted by molar-refractivity contribution is 0.0977. The highest BCUT2D eigenvalue weighted by atomic mass is 35.5. The molecule has 4 nitrogen and oxygen atoms in total. The van der Waals surface area contributed by atoms with Crippen LogP contribution in [-0.4, -0.2) is 43.0 Å². The van der Waals surface area contributed by atoms with Crippen LogP contribution in [0.15, 0.2) is 30.3 Å². The van der Waals surface area contributed by atoms with E-state index in [9.17, 15) is 13.6 Å². The average molecular weight is 426 g/mol. The molecule has 0 aliphatic heterocycles. The van der Waals surface area contributed by atoms with Gasteiger partial charge in [0.2, 0.25) is 0 Å². The van der Waals surface area contributed by atoms with Gasteiger partial charge in [-0.1, -0.05) is 23.5 Å². The average Bonchev–Trinajstić information content (AvgIpc) is 2.98. The molecule has 3 rings (SSSR count). The van der Waals surface area contributed by atoms with Gasteiger partial charge in [0.15, 0.2) is 5.13 Å². The third kappa shape index (κ3) is 4.48. The first kappa shape index (κ1) is 22.2. The molecule has 2 aromatic carbocycles. The van der Waals surface area contributed by atoms with Crippen LogP contribution in [0, 0.1) is 25.5 Å². The van der Waals surface area contributed by atoms with Crippen molar-refractivity contribution in [2.45, 2.75) is 13.8 Å². The van der Waals surface area contributed by atoms with Gasteiger partial charge in [0.25, 0.3) is 5.91 Å². The highest BCUT2D eigenvalue weighted by Gasteiger charge is 2.26. The zero-order chi connectivity index (χ0) is 19.7. The summed E-state index contributed by atoms with van der Waals surface area (Å²) in [5.74, 6) is -2.47. The van der Waals surface area contributed by atoms with Gasteiger partial charge in [0, 0.05) is 13.1 Å². The molecule has 0 N–H and O–H groups in total. The maximum Gasteiger partial charge on any atom is 0.266 e. The molecule has 0 aliphatic rings. The minimum atomic E-state index is -0.872. The van der Waals surface area contributed by atoms with E-state index in [1.807, 2.05) is 45.0 Å². The summed E-state index contributed by atoms with van der Waals surface area (Å²) in [6, 6.07) is 7.42. The molecule has 0 radical (unpaired) electrons. The van der Waals surface area contributed by atoms with Gasteiger partial charge >= 0.3 is 0 Å². The molecule has 1 amide bonds. The molecule has 3 aromatic rings. The Hall–Kier alpha value is -2.09. The van der Waals surface area contributed by atoms with Gasteiger partial charge in [0.1, 0.15) is 17.2 Å². The second-order valence-corrected chi connectivity index (χ2v) is 7.76. The molecular formula is C20H22ClF2N3OS. The Bertz CT molecular complexity index is 986. The van der Waals surface area contributed by atoms with Crippen LogP contribution in [0.1, 0.15) is 21.5 Å². The van der Waals surface area contributed by atoms with E-state index >= 15 is 0 Å². The van der Waals surface area contributed by atoms with Crippen molar-refractivity contribution in [3.63, 3.8) is 0 Å². The summed E-state index contributed by atoms with van der Waals surface area (Å²) in [6.07, 6.45) is 0. The highest BCUT2D eigenvalue weighted by molar-refractivity contribution is 7.22. The summed E-state index contributed by atoms with van der Waals surface area (Å²) >= 11 is 1.36. The Morgan fingerprint density at radius 1 is 1.11 bits per heavy atom. The second kappa shape index (κ2) is 8.94. The maximum atomic E-state index is 14.2. The molecule has 1 heterocycles. The lowest BCUT2D eigenvalue weighted by atomic mass is 10.1. The van der Waals surface area contributed by atoms with E-state index in [1.165, 1.54) is 22.3 Å². The van der Waals surface area contributed by atoms with E-state index < -0.39 is 23.1 Å². The van der Waals surface area contributed by atoms with Crippen molar-refractivity contribution in [2.75, 3.05) is 32.1 Å². The first-order valence-electron chi connectivity index (χ1n) is 8.56. The molecule has 0 saturated heterocycles. The highest BCUT2D eigenvalue weighted by Crippen LogP contribution is 2.33. The molecule has 0 saturated carbocycles. The lowest BCUT2D eigenvalue weighted by Crippen LogP contribution is -2.37. The van der Waals surface area contributed by atoms with Crippen molar-refractivity contribution in [3.05, 3.63) is 58.7 Å². The van der Waals surface area contributed by atoms with Crippen LogP contribution in [0.4, 0.5) is 13.9 Å². The molecule has 0 aliphatic carbocycles. The largest absolute Gasteiger partial charge is 0.308 e. The normalized spacial score (nSPS) is 11.0. The topological polar surface area (TPSA) is 36.4 Å². The Labute approximate surface area is 173 Å². The SMILES string of the molecule is Cc1cc(C)c2sc(N(CCN(C)C)C(=O)c3c(F)cccc3F)nc2c1.Cl. The number of benzene rings is 2. The van der Waals surface area contributed by atoms with Crippen LogP contribution in [0.3, 0.4) is 0 Å².